The van der Waals surface area contributed by atoms with E-state index in [9.17, 15) is 10.5 Å². The van der Waals surface area contributed by atoms with Crippen molar-refractivity contribution in [3.8, 4) is 23.6 Å². The molecule has 0 radical (unpaired) electrons. The van der Waals surface area contributed by atoms with Gasteiger partial charge in [-0.1, -0.05) is 0 Å². The zero-order valence-corrected chi connectivity index (χ0v) is 14.6. The molecular formula is C21H20N2O3. The van der Waals surface area contributed by atoms with Crippen molar-refractivity contribution in [2.24, 2.45) is 0 Å². The van der Waals surface area contributed by atoms with Crippen LogP contribution in [0.2, 0.25) is 0 Å². The highest BCUT2D eigenvalue weighted by Gasteiger charge is 2.12. The van der Waals surface area contributed by atoms with E-state index in [4.69, 9.17) is 14.6 Å². The Kier molecular flexibility index (Phi) is 7.24. The summed E-state index contributed by atoms with van der Waals surface area (Å²) in [6.45, 7) is 2.97. The Balaban J connectivity index is 2.30. The van der Waals surface area contributed by atoms with Crippen LogP contribution < -0.4 is 9.47 Å². The minimum absolute atomic E-state index is 0.0764. The molecule has 0 amide bonds. The Morgan fingerprint density at radius 2 is 1.31 bits per heavy atom. The molecule has 0 spiro atoms. The SMILES string of the molecule is CCOc1ccc(C(C#N)=C(C#N)c2ccc(OCCCO)cc2)cc1. The zero-order valence-electron chi connectivity index (χ0n) is 14.6. The van der Waals surface area contributed by atoms with Crippen molar-refractivity contribution in [2.45, 2.75) is 13.3 Å². The van der Waals surface area contributed by atoms with Gasteiger partial charge in [-0.2, -0.15) is 10.5 Å². The van der Waals surface area contributed by atoms with E-state index in [1.54, 1.807) is 48.5 Å². The van der Waals surface area contributed by atoms with Gasteiger partial charge in [0.1, 0.15) is 23.6 Å². The second-order valence-electron chi connectivity index (χ2n) is 5.38. The quantitative estimate of drug-likeness (QED) is 0.445. The molecular weight excluding hydrogens is 328 g/mol. The molecule has 0 aromatic heterocycles. The van der Waals surface area contributed by atoms with E-state index in [1.165, 1.54) is 0 Å². The predicted molar refractivity (Wildman–Crippen MR) is 99.3 cm³/mol. The number of ether oxygens (including phenoxy) is 2. The normalized spacial score (nSPS) is 11.1. The first kappa shape index (κ1) is 19.1. The van der Waals surface area contributed by atoms with Crippen LogP contribution in [0.4, 0.5) is 0 Å². The zero-order chi connectivity index (χ0) is 18.8. The standard InChI is InChI=1S/C21H20N2O3/c1-2-25-18-8-4-16(5-9-18)20(14-22)21(15-23)17-6-10-19(11-7-17)26-13-3-12-24/h4-11,24H,2-3,12-13H2,1H3. The Morgan fingerprint density at radius 3 is 1.69 bits per heavy atom. The van der Waals surface area contributed by atoms with Crippen LogP contribution >= 0.6 is 0 Å². The molecule has 0 saturated carbocycles. The summed E-state index contributed by atoms with van der Waals surface area (Å²) in [6, 6.07) is 18.4. The molecule has 2 aromatic rings. The van der Waals surface area contributed by atoms with Gasteiger partial charge in [-0.3, -0.25) is 0 Å². The van der Waals surface area contributed by atoms with Crippen LogP contribution in [0.3, 0.4) is 0 Å². The Labute approximate surface area is 153 Å². The summed E-state index contributed by atoms with van der Waals surface area (Å²) in [6.07, 6.45) is 0.557. The lowest BCUT2D eigenvalue weighted by molar-refractivity contribution is 0.233. The number of nitriles is 2. The van der Waals surface area contributed by atoms with E-state index < -0.39 is 0 Å². The van der Waals surface area contributed by atoms with Crippen molar-refractivity contribution in [3.63, 3.8) is 0 Å². The van der Waals surface area contributed by atoms with E-state index in [-0.39, 0.29) is 6.61 Å². The fraction of sp³-hybridized carbons (Fsp3) is 0.238. The van der Waals surface area contributed by atoms with Crippen LogP contribution in [0.15, 0.2) is 48.5 Å². The van der Waals surface area contributed by atoms with Gasteiger partial charge in [0, 0.05) is 13.0 Å². The van der Waals surface area contributed by atoms with Gasteiger partial charge in [0.15, 0.2) is 0 Å². The number of hydrogen-bond acceptors (Lipinski definition) is 5. The van der Waals surface area contributed by atoms with Gasteiger partial charge in [0.05, 0.1) is 24.4 Å². The number of benzene rings is 2. The van der Waals surface area contributed by atoms with Crippen molar-refractivity contribution in [1.29, 1.82) is 10.5 Å². The largest absolute Gasteiger partial charge is 0.494 e. The lowest BCUT2D eigenvalue weighted by Crippen LogP contribution is -1.99. The topological polar surface area (TPSA) is 86.3 Å². The second-order valence-corrected chi connectivity index (χ2v) is 5.38. The van der Waals surface area contributed by atoms with Crippen LogP contribution in [0.1, 0.15) is 24.5 Å². The molecule has 0 heterocycles. The maximum Gasteiger partial charge on any atom is 0.119 e. The molecule has 0 fully saturated rings. The third kappa shape index (κ3) is 4.86. The molecule has 26 heavy (non-hydrogen) atoms. The Hall–Kier alpha value is -3.28. The van der Waals surface area contributed by atoms with Crippen molar-refractivity contribution in [3.05, 3.63) is 59.7 Å². The van der Waals surface area contributed by atoms with Crippen LogP contribution in [-0.2, 0) is 0 Å². The van der Waals surface area contributed by atoms with Crippen molar-refractivity contribution in [1.82, 2.24) is 0 Å². The molecule has 0 aliphatic carbocycles. The summed E-state index contributed by atoms with van der Waals surface area (Å²) < 4.78 is 10.9. The summed E-state index contributed by atoms with van der Waals surface area (Å²) in [5, 5.41) is 27.9. The maximum absolute atomic E-state index is 9.58. The minimum Gasteiger partial charge on any atom is -0.494 e. The van der Waals surface area contributed by atoms with Gasteiger partial charge < -0.3 is 14.6 Å². The van der Waals surface area contributed by atoms with Crippen molar-refractivity contribution < 1.29 is 14.6 Å². The second kappa shape index (κ2) is 9.88. The lowest BCUT2D eigenvalue weighted by Gasteiger charge is -2.08. The van der Waals surface area contributed by atoms with Crippen LogP contribution in [0.5, 0.6) is 11.5 Å². The van der Waals surface area contributed by atoms with Crippen molar-refractivity contribution in [2.75, 3.05) is 19.8 Å². The number of hydrogen-bond donors (Lipinski definition) is 1. The molecule has 0 bridgehead atoms. The summed E-state index contributed by atoms with van der Waals surface area (Å²) in [5.74, 6) is 1.37. The fourth-order valence-corrected chi connectivity index (χ4v) is 2.39. The maximum atomic E-state index is 9.58. The molecule has 2 rings (SSSR count). The van der Waals surface area contributed by atoms with Gasteiger partial charge in [-0.25, -0.2) is 0 Å². The third-order valence-corrected chi connectivity index (χ3v) is 3.64. The van der Waals surface area contributed by atoms with Gasteiger partial charge in [-0.05, 0) is 66.6 Å². The Bertz CT molecular complexity index is 826. The monoisotopic (exact) mass is 348 g/mol. The molecule has 0 aliphatic rings. The van der Waals surface area contributed by atoms with E-state index in [1.807, 2.05) is 6.92 Å². The molecule has 0 saturated heterocycles. The molecule has 0 aliphatic heterocycles. The number of aliphatic hydroxyl groups excluding tert-OH is 1. The minimum atomic E-state index is 0.0764. The predicted octanol–water partition coefficient (Wildman–Crippen LogP) is 3.80. The van der Waals surface area contributed by atoms with E-state index in [0.29, 0.717) is 47.7 Å². The van der Waals surface area contributed by atoms with Crippen LogP contribution in [-0.4, -0.2) is 24.9 Å². The summed E-state index contributed by atoms with van der Waals surface area (Å²) in [7, 11) is 0. The number of aliphatic hydroxyl groups is 1. The van der Waals surface area contributed by atoms with E-state index in [2.05, 4.69) is 12.1 Å². The first-order chi connectivity index (χ1) is 12.7. The van der Waals surface area contributed by atoms with E-state index >= 15 is 0 Å². The smallest absolute Gasteiger partial charge is 0.119 e. The first-order valence-corrected chi connectivity index (χ1v) is 8.35. The van der Waals surface area contributed by atoms with Crippen molar-refractivity contribution >= 4 is 11.1 Å². The summed E-state index contributed by atoms with van der Waals surface area (Å²) in [4.78, 5) is 0. The highest BCUT2D eigenvalue weighted by Crippen LogP contribution is 2.28. The first-order valence-electron chi connectivity index (χ1n) is 8.35. The van der Waals surface area contributed by atoms with Gasteiger partial charge in [-0.15, -0.1) is 0 Å². The van der Waals surface area contributed by atoms with E-state index in [0.717, 1.165) is 5.75 Å². The number of rotatable bonds is 8. The molecule has 5 heteroatoms. The fourth-order valence-electron chi connectivity index (χ4n) is 2.39. The molecule has 1 N–H and O–H groups in total. The average molecular weight is 348 g/mol. The Morgan fingerprint density at radius 1 is 0.846 bits per heavy atom. The number of nitrogens with zero attached hydrogens (tertiary/aromatic N) is 2. The molecule has 0 atom stereocenters. The lowest BCUT2D eigenvalue weighted by atomic mass is 9.96. The third-order valence-electron chi connectivity index (χ3n) is 3.64. The van der Waals surface area contributed by atoms with Gasteiger partial charge >= 0.3 is 0 Å². The highest BCUT2D eigenvalue weighted by molar-refractivity contribution is 6.02. The highest BCUT2D eigenvalue weighted by atomic mass is 16.5. The van der Waals surface area contributed by atoms with Gasteiger partial charge in [0.25, 0.3) is 0 Å². The van der Waals surface area contributed by atoms with Crippen LogP contribution in [0.25, 0.3) is 11.1 Å². The molecule has 132 valence electrons. The molecule has 0 unspecified atom stereocenters. The average Bonchev–Trinajstić information content (AvgIpc) is 2.68. The molecule has 5 nitrogen and oxygen atoms in total. The number of allylic oxidation sites excluding steroid dienone is 2. The van der Waals surface area contributed by atoms with Crippen LogP contribution in [0, 0.1) is 22.7 Å². The van der Waals surface area contributed by atoms with Gasteiger partial charge in [0.2, 0.25) is 0 Å². The summed E-state index contributed by atoms with van der Waals surface area (Å²) in [5.41, 5.74) is 1.92. The molecule has 2 aromatic carbocycles. The summed E-state index contributed by atoms with van der Waals surface area (Å²) >= 11 is 0.